The van der Waals surface area contributed by atoms with Crippen LogP contribution in [0.15, 0.2) is 0 Å². The summed E-state index contributed by atoms with van der Waals surface area (Å²) in [7, 11) is 0. The molecule has 0 amide bonds. The first-order chi connectivity index (χ1) is 3.33. The summed E-state index contributed by atoms with van der Waals surface area (Å²) in [6.07, 6.45) is 0. The Balaban J connectivity index is 0. The van der Waals surface area contributed by atoms with Gasteiger partial charge in [-0.05, 0) is 13.8 Å². The number of carbonyl (C=O) groups is 1. The average Bonchev–Trinajstić information content (AvgIpc) is 1.69. The minimum atomic E-state index is 0.438. The Morgan fingerprint density at radius 1 is 1.43 bits per heavy atom. The Morgan fingerprint density at radius 2 is 1.57 bits per heavy atom. The molecule has 0 aliphatic heterocycles. The molecule has 0 fully saturated rings. The Labute approximate surface area is 52.1 Å². The van der Waals surface area contributed by atoms with Gasteiger partial charge in [0.25, 0.3) is 0 Å². The van der Waals surface area contributed by atoms with Crippen LogP contribution in [0.5, 0.6) is 0 Å². The Morgan fingerprint density at radius 3 is 1.57 bits per heavy atom. The zero-order chi connectivity index (χ0) is 6.12. The molecular weight excluding hydrogens is 135 g/mol. The zero-order valence-electron chi connectivity index (χ0n) is 4.32. The van der Waals surface area contributed by atoms with Crippen LogP contribution in [0.25, 0.3) is 0 Å². The van der Waals surface area contributed by atoms with Crippen molar-refractivity contribution in [1.29, 1.82) is 0 Å². The first-order valence-corrected chi connectivity index (χ1v) is 2.28. The SMILES string of the molecule is CC#CC.O=[CH][Co]. The van der Waals surface area contributed by atoms with E-state index < -0.39 is 0 Å². The predicted molar refractivity (Wildman–Crippen MR) is 25.9 cm³/mol. The van der Waals surface area contributed by atoms with Crippen molar-refractivity contribution in [3.8, 4) is 11.8 Å². The van der Waals surface area contributed by atoms with Crippen LogP contribution in [0.3, 0.4) is 0 Å². The third-order valence-electron chi connectivity index (χ3n) is 0.250. The van der Waals surface area contributed by atoms with Gasteiger partial charge in [0.05, 0.1) is 0 Å². The van der Waals surface area contributed by atoms with E-state index in [4.69, 9.17) is 4.79 Å². The van der Waals surface area contributed by atoms with Crippen LogP contribution in [-0.2, 0) is 20.5 Å². The second kappa shape index (κ2) is 17.2. The maximum absolute atomic E-state index is 8.67. The van der Waals surface area contributed by atoms with Crippen molar-refractivity contribution in [1.82, 2.24) is 0 Å². The third-order valence-corrected chi connectivity index (χ3v) is 0.250. The number of carbonyl (C=O) groups excluding carboxylic acids is 1. The normalized spacial score (nSPS) is 4.00. The van der Waals surface area contributed by atoms with Crippen LogP contribution in [0.4, 0.5) is 0 Å². The molecule has 0 spiro atoms. The molecule has 0 aromatic carbocycles. The van der Waals surface area contributed by atoms with Gasteiger partial charge in [-0.2, -0.15) is 0 Å². The van der Waals surface area contributed by atoms with Gasteiger partial charge in [0.15, 0.2) is 0 Å². The molecule has 0 radical (unpaired) electrons. The van der Waals surface area contributed by atoms with Crippen molar-refractivity contribution < 1.29 is 20.5 Å². The van der Waals surface area contributed by atoms with Gasteiger partial charge in [0.1, 0.15) is 0 Å². The van der Waals surface area contributed by atoms with Crippen LogP contribution >= 0.6 is 0 Å². The number of hydrogen-bond acceptors (Lipinski definition) is 1. The number of rotatable bonds is 0. The van der Waals surface area contributed by atoms with E-state index in [1.807, 2.05) is 13.8 Å². The molecule has 0 saturated heterocycles. The number of hydrogen-bond donors (Lipinski definition) is 0. The fourth-order valence-corrected chi connectivity index (χ4v) is 0. The van der Waals surface area contributed by atoms with Crippen molar-refractivity contribution in [2.45, 2.75) is 13.8 Å². The van der Waals surface area contributed by atoms with Gasteiger partial charge in [-0.25, -0.2) is 0 Å². The van der Waals surface area contributed by atoms with E-state index in [1.165, 1.54) is 0 Å². The molecule has 2 heteroatoms. The fourth-order valence-electron chi connectivity index (χ4n) is 0. The van der Waals surface area contributed by atoms with Crippen molar-refractivity contribution in [2.24, 2.45) is 0 Å². The summed E-state index contributed by atoms with van der Waals surface area (Å²) in [6, 6.07) is 0. The molecule has 0 unspecified atom stereocenters. The van der Waals surface area contributed by atoms with Crippen molar-refractivity contribution >= 4 is 5.22 Å². The molecule has 42 valence electrons. The summed E-state index contributed by atoms with van der Waals surface area (Å²) < 4.78 is 0. The first-order valence-electron chi connectivity index (χ1n) is 1.68. The molecule has 0 bridgehead atoms. The van der Waals surface area contributed by atoms with E-state index in [9.17, 15) is 0 Å². The molecule has 7 heavy (non-hydrogen) atoms. The monoisotopic (exact) mass is 142 g/mol. The quantitative estimate of drug-likeness (QED) is 0.360. The van der Waals surface area contributed by atoms with Gasteiger partial charge in [-0.3, -0.25) is 0 Å². The molecule has 0 aromatic heterocycles. The summed E-state index contributed by atoms with van der Waals surface area (Å²) in [5.41, 5.74) is 0. The molecule has 0 aliphatic rings. The first kappa shape index (κ1) is 9.88. The van der Waals surface area contributed by atoms with E-state index in [-0.39, 0.29) is 0 Å². The predicted octanol–water partition coefficient (Wildman–Crippen LogP) is 0.753. The van der Waals surface area contributed by atoms with E-state index in [0.717, 1.165) is 0 Å². The third kappa shape index (κ3) is 148. The van der Waals surface area contributed by atoms with E-state index >= 15 is 0 Å². The van der Waals surface area contributed by atoms with Gasteiger partial charge in [-0.1, -0.05) is 0 Å². The molecule has 0 rings (SSSR count). The summed E-state index contributed by atoms with van der Waals surface area (Å²) in [6.45, 7) is 3.64. The van der Waals surface area contributed by atoms with E-state index in [2.05, 4.69) is 27.6 Å². The minimum absolute atomic E-state index is 0.438. The van der Waals surface area contributed by atoms with Crippen LogP contribution in [0, 0.1) is 11.8 Å². The second-order valence-electron chi connectivity index (χ2n) is 0.579. The molecule has 0 aromatic rings. The summed E-state index contributed by atoms with van der Waals surface area (Å²) in [4.78, 5) is 8.67. The van der Waals surface area contributed by atoms with Gasteiger partial charge < -0.3 is 0 Å². The van der Waals surface area contributed by atoms with Crippen LogP contribution < -0.4 is 0 Å². The maximum atomic E-state index is 8.67. The molecule has 0 atom stereocenters. The van der Waals surface area contributed by atoms with Gasteiger partial charge >= 0.3 is 25.8 Å². The second-order valence-corrected chi connectivity index (χ2v) is 0.824. The zero-order valence-corrected chi connectivity index (χ0v) is 5.36. The van der Waals surface area contributed by atoms with Crippen LogP contribution in [0.2, 0.25) is 0 Å². The van der Waals surface area contributed by atoms with E-state index in [0.29, 0.717) is 5.22 Å². The molecule has 0 aliphatic carbocycles. The van der Waals surface area contributed by atoms with Crippen LogP contribution in [-0.4, -0.2) is 5.22 Å². The van der Waals surface area contributed by atoms with Gasteiger partial charge in [-0.15, -0.1) is 11.8 Å². The fraction of sp³-hybridized carbons (Fsp3) is 0.400. The van der Waals surface area contributed by atoms with Crippen molar-refractivity contribution in [3.05, 3.63) is 0 Å². The summed E-state index contributed by atoms with van der Waals surface area (Å²) >= 11 is 3.15. The van der Waals surface area contributed by atoms with Crippen molar-refractivity contribution in [2.75, 3.05) is 0 Å². The molecule has 0 heterocycles. The Bertz CT molecular complexity index is 71.8. The Hall–Kier alpha value is -0.264. The molecular formula is C5H7CoO. The Kier molecular flexibility index (Phi) is 24.3. The van der Waals surface area contributed by atoms with Gasteiger partial charge in [0.2, 0.25) is 0 Å². The molecule has 0 N–H and O–H groups in total. The molecule has 0 saturated carbocycles. The van der Waals surface area contributed by atoms with E-state index in [1.54, 1.807) is 0 Å². The average molecular weight is 142 g/mol. The van der Waals surface area contributed by atoms with Crippen LogP contribution in [0.1, 0.15) is 13.8 Å². The van der Waals surface area contributed by atoms with Gasteiger partial charge in [0, 0.05) is 0 Å². The summed E-state index contributed by atoms with van der Waals surface area (Å²) in [5, 5.41) is 0.438. The standard InChI is InChI=1S/C4H6.CHO.Co/c1-3-4-2;1-2;/h1-2H3;1H;. The molecule has 1 nitrogen and oxygen atoms in total. The topological polar surface area (TPSA) is 17.1 Å². The van der Waals surface area contributed by atoms with Crippen molar-refractivity contribution in [3.63, 3.8) is 0 Å². The summed E-state index contributed by atoms with van der Waals surface area (Å²) in [5.74, 6) is 5.36.